The number of aliphatic hydroxyl groups is 2. The number of amides is 1. The fourth-order valence-electron chi connectivity index (χ4n) is 4.11. The molecule has 4 rings (SSSR count). The minimum Gasteiger partial charge on any atom is -0.494 e. The summed E-state index contributed by atoms with van der Waals surface area (Å²) in [5, 5.41) is 23.4. The molecule has 37 heavy (non-hydrogen) atoms. The number of nitrogens with one attached hydrogen (secondary N) is 1. The number of carbonyl (C=O) groups is 1. The van der Waals surface area contributed by atoms with Crippen LogP contribution in [0, 0.1) is 11.7 Å². The van der Waals surface area contributed by atoms with E-state index < -0.39 is 17.3 Å². The van der Waals surface area contributed by atoms with E-state index in [-0.39, 0.29) is 30.7 Å². The van der Waals surface area contributed by atoms with Crippen molar-refractivity contribution in [1.29, 1.82) is 0 Å². The van der Waals surface area contributed by atoms with E-state index >= 15 is 0 Å². The zero-order valence-corrected chi connectivity index (χ0v) is 21.2. The molecule has 2 aromatic carbocycles. The van der Waals surface area contributed by atoms with Gasteiger partial charge in [0, 0.05) is 11.1 Å². The summed E-state index contributed by atoms with van der Waals surface area (Å²) in [6.07, 6.45) is 1.56. The van der Waals surface area contributed by atoms with Crippen molar-refractivity contribution in [1.82, 2.24) is 10.3 Å². The Bertz CT molecular complexity index is 1290. The molecule has 10 heteroatoms. The third kappa shape index (κ3) is 5.79. The first-order chi connectivity index (χ1) is 17.8. The second-order valence-electron chi connectivity index (χ2n) is 8.70. The molecule has 0 saturated heterocycles. The number of nitrogens with zero attached hydrogens (tertiary/aromatic N) is 1. The van der Waals surface area contributed by atoms with Crippen LogP contribution in [0.1, 0.15) is 28.9 Å². The van der Waals surface area contributed by atoms with Gasteiger partial charge in [-0.1, -0.05) is 11.6 Å². The summed E-state index contributed by atoms with van der Waals surface area (Å²) in [4.78, 5) is 17.6. The van der Waals surface area contributed by atoms with Gasteiger partial charge in [-0.05, 0) is 67.3 Å². The molecule has 1 aliphatic rings. The van der Waals surface area contributed by atoms with Crippen molar-refractivity contribution in [2.75, 3.05) is 34.0 Å². The van der Waals surface area contributed by atoms with Crippen LogP contribution in [0.4, 0.5) is 4.39 Å². The molecule has 0 spiro atoms. The molecule has 1 saturated carbocycles. The highest BCUT2D eigenvalue weighted by molar-refractivity contribution is 6.31. The number of ether oxygens (including phenoxy) is 3. The van der Waals surface area contributed by atoms with Gasteiger partial charge in [-0.25, -0.2) is 9.37 Å². The summed E-state index contributed by atoms with van der Waals surface area (Å²) in [5.41, 5.74) is 0.167. The molecule has 1 aromatic heterocycles. The van der Waals surface area contributed by atoms with Crippen molar-refractivity contribution in [2.45, 2.75) is 18.4 Å². The van der Waals surface area contributed by atoms with E-state index in [4.69, 9.17) is 30.9 Å². The van der Waals surface area contributed by atoms with Gasteiger partial charge in [0.05, 0.1) is 38.1 Å². The molecule has 0 bridgehead atoms. The topological polar surface area (TPSA) is 110 Å². The molecule has 1 amide bonds. The molecule has 1 atom stereocenters. The summed E-state index contributed by atoms with van der Waals surface area (Å²) in [6.45, 7) is -0.137. The van der Waals surface area contributed by atoms with Gasteiger partial charge in [0.2, 0.25) is 0 Å². The van der Waals surface area contributed by atoms with Gasteiger partial charge in [0.15, 0.2) is 11.5 Å². The highest BCUT2D eigenvalue weighted by atomic mass is 35.5. The Kier molecular flexibility index (Phi) is 8.16. The summed E-state index contributed by atoms with van der Waals surface area (Å²) >= 11 is 5.98. The Balaban J connectivity index is 1.59. The first-order valence-corrected chi connectivity index (χ1v) is 12.1. The molecule has 3 N–H and O–H groups in total. The summed E-state index contributed by atoms with van der Waals surface area (Å²) in [5.74, 6) is 0.121. The Labute approximate surface area is 219 Å². The van der Waals surface area contributed by atoms with Crippen molar-refractivity contribution in [3.05, 3.63) is 70.6 Å². The van der Waals surface area contributed by atoms with Crippen LogP contribution in [-0.2, 0) is 5.60 Å². The zero-order valence-electron chi connectivity index (χ0n) is 20.5. The molecule has 0 aliphatic heterocycles. The Morgan fingerprint density at radius 1 is 1.11 bits per heavy atom. The lowest BCUT2D eigenvalue weighted by Crippen LogP contribution is -2.43. The van der Waals surface area contributed by atoms with E-state index in [2.05, 4.69) is 10.3 Å². The number of benzene rings is 2. The average Bonchev–Trinajstić information content (AvgIpc) is 3.77. The molecular formula is C27H28ClFN2O6. The molecule has 8 nitrogen and oxygen atoms in total. The van der Waals surface area contributed by atoms with Gasteiger partial charge in [0.1, 0.15) is 29.5 Å². The normalized spacial score (nSPS) is 14.5. The zero-order chi connectivity index (χ0) is 26.6. The minimum atomic E-state index is -1.44. The quantitative estimate of drug-likeness (QED) is 0.344. The average molecular weight is 531 g/mol. The number of rotatable bonds is 11. The van der Waals surface area contributed by atoms with Crippen molar-refractivity contribution in [3.8, 4) is 28.5 Å². The van der Waals surface area contributed by atoms with Crippen molar-refractivity contribution in [3.63, 3.8) is 0 Å². The third-order valence-corrected chi connectivity index (χ3v) is 6.55. The Morgan fingerprint density at radius 2 is 1.84 bits per heavy atom. The van der Waals surface area contributed by atoms with Gasteiger partial charge in [-0.15, -0.1) is 0 Å². The fourth-order valence-corrected chi connectivity index (χ4v) is 4.29. The minimum absolute atomic E-state index is 0.0559. The first kappa shape index (κ1) is 26.7. The maximum Gasteiger partial charge on any atom is 0.251 e. The molecule has 1 unspecified atom stereocenters. The molecule has 1 aliphatic carbocycles. The molecule has 0 radical (unpaired) electrons. The molecule has 1 fully saturated rings. The number of methoxy groups -OCH3 is 2. The van der Waals surface area contributed by atoms with Gasteiger partial charge in [-0.3, -0.25) is 4.79 Å². The highest BCUT2D eigenvalue weighted by Crippen LogP contribution is 2.46. The number of pyridine rings is 1. The van der Waals surface area contributed by atoms with E-state index in [1.165, 1.54) is 38.5 Å². The van der Waals surface area contributed by atoms with Crippen LogP contribution in [0.25, 0.3) is 11.3 Å². The van der Waals surface area contributed by atoms with Crippen molar-refractivity contribution >= 4 is 17.5 Å². The van der Waals surface area contributed by atoms with Crippen LogP contribution in [0.2, 0.25) is 5.02 Å². The SMILES string of the molecule is COc1cc(C(=O)NCC(O)(c2ccc(OC)c(-c3ccc(F)c(Cl)c3)n2)C2CC2)ccc1OCCO. The van der Waals surface area contributed by atoms with Crippen molar-refractivity contribution < 1.29 is 33.6 Å². The number of aromatic nitrogens is 1. The second-order valence-corrected chi connectivity index (χ2v) is 9.10. The molecule has 1 heterocycles. The predicted octanol–water partition coefficient (Wildman–Crippen LogP) is 3.96. The largest absolute Gasteiger partial charge is 0.494 e. The molecular weight excluding hydrogens is 503 g/mol. The second kappa shape index (κ2) is 11.3. The monoisotopic (exact) mass is 530 g/mol. The van der Waals surface area contributed by atoms with E-state index in [0.29, 0.717) is 39.8 Å². The smallest absolute Gasteiger partial charge is 0.251 e. The van der Waals surface area contributed by atoms with Gasteiger partial charge in [0.25, 0.3) is 5.91 Å². The standard InChI is InChI=1S/C27H28ClFN2O6/c1-35-22-9-10-24(31-25(22)16-3-7-20(29)19(28)13-16)27(34,18-5-6-18)15-30-26(33)17-4-8-21(37-12-11-32)23(14-17)36-2/h3-4,7-10,13-14,18,32,34H,5-6,11-12,15H2,1-2H3,(H,30,33). The van der Waals surface area contributed by atoms with E-state index in [0.717, 1.165) is 12.8 Å². The number of carbonyl (C=O) groups excluding carboxylic acids is 1. The van der Waals surface area contributed by atoms with E-state index in [9.17, 15) is 14.3 Å². The van der Waals surface area contributed by atoms with Gasteiger partial charge < -0.3 is 29.7 Å². The fraction of sp³-hybridized carbons (Fsp3) is 0.333. The van der Waals surface area contributed by atoms with Crippen LogP contribution < -0.4 is 19.5 Å². The summed E-state index contributed by atoms with van der Waals surface area (Å²) in [7, 11) is 2.95. The molecule has 3 aromatic rings. The first-order valence-electron chi connectivity index (χ1n) is 11.7. The van der Waals surface area contributed by atoms with E-state index in [1.54, 1.807) is 24.3 Å². The molecule has 196 valence electrons. The Hall–Kier alpha value is -3.40. The maximum atomic E-state index is 13.7. The lowest BCUT2D eigenvalue weighted by atomic mass is 9.92. The van der Waals surface area contributed by atoms with Crippen LogP contribution in [-0.4, -0.2) is 55.1 Å². The van der Waals surface area contributed by atoms with Crippen LogP contribution in [0.3, 0.4) is 0 Å². The van der Waals surface area contributed by atoms with Crippen LogP contribution in [0.5, 0.6) is 17.2 Å². The van der Waals surface area contributed by atoms with Gasteiger partial charge in [-0.2, -0.15) is 0 Å². The lowest BCUT2D eigenvalue weighted by Gasteiger charge is -2.29. The lowest BCUT2D eigenvalue weighted by molar-refractivity contribution is 0.00953. The number of halogens is 2. The summed E-state index contributed by atoms with van der Waals surface area (Å²) in [6, 6.07) is 12.3. The number of hydrogen-bond donors (Lipinski definition) is 3. The highest BCUT2D eigenvalue weighted by Gasteiger charge is 2.46. The number of aliphatic hydroxyl groups excluding tert-OH is 1. The van der Waals surface area contributed by atoms with Crippen LogP contribution in [0.15, 0.2) is 48.5 Å². The number of hydrogen-bond acceptors (Lipinski definition) is 7. The summed E-state index contributed by atoms with van der Waals surface area (Å²) < 4.78 is 29.9. The third-order valence-electron chi connectivity index (χ3n) is 6.26. The predicted molar refractivity (Wildman–Crippen MR) is 136 cm³/mol. The van der Waals surface area contributed by atoms with Crippen LogP contribution >= 0.6 is 11.6 Å². The van der Waals surface area contributed by atoms with Gasteiger partial charge >= 0.3 is 0 Å². The maximum absolute atomic E-state index is 13.7. The van der Waals surface area contributed by atoms with Crippen molar-refractivity contribution in [2.24, 2.45) is 5.92 Å². The van der Waals surface area contributed by atoms with E-state index in [1.807, 2.05) is 0 Å². The Morgan fingerprint density at radius 3 is 2.49 bits per heavy atom.